The van der Waals surface area contributed by atoms with E-state index in [-0.39, 0.29) is 22.4 Å². The number of aromatic nitrogens is 3. The highest BCUT2D eigenvalue weighted by Crippen LogP contribution is 2.32. The zero-order valence-electron chi connectivity index (χ0n) is 18.5. The van der Waals surface area contributed by atoms with Gasteiger partial charge in [0.05, 0.1) is 23.0 Å². The Balaban J connectivity index is 2.23. The lowest BCUT2D eigenvalue weighted by Crippen LogP contribution is -2.19. The van der Waals surface area contributed by atoms with Crippen molar-refractivity contribution in [3.63, 3.8) is 0 Å². The molecule has 156 valence electrons. The van der Waals surface area contributed by atoms with Gasteiger partial charge < -0.3 is 5.11 Å². The molecule has 30 heavy (non-hydrogen) atoms. The van der Waals surface area contributed by atoms with E-state index in [0.29, 0.717) is 5.69 Å². The van der Waals surface area contributed by atoms with Crippen molar-refractivity contribution in [3.8, 4) is 0 Å². The molecule has 0 aliphatic rings. The number of carboxylic acids is 1. The van der Waals surface area contributed by atoms with Gasteiger partial charge in [-0.2, -0.15) is 0 Å². The van der Waals surface area contributed by atoms with Crippen molar-refractivity contribution in [1.82, 2.24) is 15.0 Å². The van der Waals surface area contributed by atoms with Gasteiger partial charge in [-0.25, -0.2) is 9.78 Å². The summed E-state index contributed by atoms with van der Waals surface area (Å²) in [5, 5.41) is 9.44. The largest absolute Gasteiger partial charge is 0.477 e. The van der Waals surface area contributed by atoms with Gasteiger partial charge in [-0.1, -0.05) is 59.7 Å². The molecule has 0 saturated heterocycles. The first kappa shape index (κ1) is 21.6. The second-order valence-electron chi connectivity index (χ2n) is 9.58. The van der Waals surface area contributed by atoms with Gasteiger partial charge in [0, 0.05) is 22.2 Å². The SMILES string of the molecule is CC(C)(C)c1cccc(C(c2cccc(C(=O)O)n2)c2cccc(C(C)(C)C)n2)n1. The fourth-order valence-corrected chi connectivity index (χ4v) is 3.25. The number of carboxylic acid groups (broad SMARTS) is 1. The van der Waals surface area contributed by atoms with Crippen LogP contribution in [0.2, 0.25) is 0 Å². The smallest absolute Gasteiger partial charge is 0.354 e. The molecule has 3 aromatic heterocycles. The zero-order valence-corrected chi connectivity index (χ0v) is 18.5. The van der Waals surface area contributed by atoms with Crippen LogP contribution in [0.3, 0.4) is 0 Å². The molecule has 0 spiro atoms. The van der Waals surface area contributed by atoms with E-state index in [2.05, 4.69) is 46.5 Å². The minimum atomic E-state index is -1.05. The first-order valence-electron chi connectivity index (χ1n) is 10.1. The Morgan fingerprint density at radius 2 is 1.10 bits per heavy atom. The number of pyridine rings is 3. The molecule has 5 heteroatoms. The standard InChI is InChI=1S/C25H29N3O2/c1-24(2,3)20-14-8-11-17(27-20)22(16-10-7-13-19(26-16)23(29)30)18-12-9-15-21(28-18)25(4,5)6/h7-15,22H,1-6H3,(H,29,30). The minimum Gasteiger partial charge on any atom is -0.477 e. The summed E-state index contributed by atoms with van der Waals surface area (Å²) in [5.74, 6) is -1.42. The van der Waals surface area contributed by atoms with Crippen molar-refractivity contribution in [1.29, 1.82) is 0 Å². The Hall–Kier alpha value is -3.08. The summed E-state index contributed by atoms with van der Waals surface area (Å²) in [5.41, 5.74) is 3.93. The Labute approximate surface area is 178 Å². The second kappa shape index (κ2) is 7.98. The summed E-state index contributed by atoms with van der Waals surface area (Å²) in [6.45, 7) is 12.7. The molecule has 0 aliphatic carbocycles. The summed E-state index contributed by atoms with van der Waals surface area (Å²) in [6.07, 6.45) is 0. The third-order valence-electron chi connectivity index (χ3n) is 4.96. The van der Waals surface area contributed by atoms with Crippen LogP contribution in [0.1, 0.15) is 86.4 Å². The molecule has 0 unspecified atom stereocenters. The monoisotopic (exact) mass is 403 g/mol. The molecule has 3 aromatic rings. The number of rotatable bonds is 4. The Kier molecular flexibility index (Phi) is 5.75. The summed E-state index contributed by atoms with van der Waals surface area (Å²) in [4.78, 5) is 25.8. The van der Waals surface area contributed by atoms with Gasteiger partial charge in [0.15, 0.2) is 0 Å². The molecule has 1 N–H and O–H groups in total. The number of hydrogen-bond acceptors (Lipinski definition) is 4. The highest BCUT2D eigenvalue weighted by atomic mass is 16.4. The van der Waals surface area contributed by atoms with Crippen molar-refractivity contribution in [2.24, 2.45) is 0 Å². The van der Waals surface area contributed by atoms with E-state index >= 15 is 0 Å². The highest BCUT2D eigenvalue weighted by molar-refractivity contribution is 5.85. The Morgan fingerprint density at radius 1 is 0.700 bits per heavy atom. The van der Waals surface area contributed by atoms with Crippen molar-refractivity contribution >= 4 is 5.97 Å². The minimum absolute atomic E-state index is 0.0106. The summed E-state index contributed by atoms with van der Waals surface area (Å²) < 4.78 is 0. The maximum absolute atomic E-state index is 11.5. The Morgan fingerprint density at radius 3 is 1.50 bits per heavy atom. The lowest BCUT2D eigenvalue weighted by molar-refractivity contribution is 0.0690. The third-order valence-corrected chi connectivity index (χ3v) is 4.96. The lowest BCUT2D eigenvalue weighted by Gasteiger charge is -2.23. The number of nitrogens with zero attached hydrogens (tertiary/aromatic N) is 3. The topological polar surface area (TPSA) is 76.0 Å². The molecule has 3 heterocycles. The van der Waals surface area contributed by atoms with E-state index in [1.165, 1.54) is 6.07 Å². The maximum atomic E-state index is 11.5. The molecule has 0 bridgehead atoms. The fourth-order valence-electron chi connectivity index (χ4n) is 3.25. The quantitative estimate of drug-likeness (QED) is 0.636. The normalized spacial score (nSPS) is 12.2. The molecule has 0 aliphatic heterocycles. The van der Waals surface area contributed by atoms with Crippen molar-refractivity contribution < 1.29 is 9.90 Å². The van der Waals surface area contributed by atoms with Crippen LogP contribution in [0, 0.1) is 0 Å². The highest BCUT2D eigenvalue weighted by Gasteiger charge is 2.26. The molecule has 0 fully saturated rings. The first-order chi connectivity index (χ1) is 14.0. The summed E-state index contributed by atoms with van der Waals surface area (Å²) in [7, 11) is 0. The number of hydrogen-bond donors (Lipinski definition) is 1. The van der Waals surface area contributed by atoms with Gasteiger partial charge >= 0.3 is 5.97 Å². The molecular weight excluding hydrogens is 374 g/mol. The van der Waals surface area contributed by atoms with Crippen molar-refractivity contribution in [2.45, 2.75) is 58.3 Å². The average molecular weight is 404 g/mol. The number of aromatic carboxylic acids is 1. The molecule has 5 nitrogen and oxygen atoms in total. The fraction of sp³-hybridized carbons (Fsp3) is 0.360. The van der Waals surface area contributed by atoms with E-state index in [0.717, 1.165) is 22.8 Å². The predicted molar refractivity (Wildman–Crippen MR) is 118 cm³/mol. The van der Waals surface area contributed by atoms with Crippen molar-refractivity contribution in [3.05, 3.63) is 88.8 Å². The molecule has 0 atom stereocenters. The van der Waals surface area contributed by atoms with Crippen LogP contribution in [-0.4, -0.2) is 26.0 Å². The summed E-state index contributed by atoms with van der Waals surface area (Å²) >= 11 is 0. The van der Waals surface area contributed by atoms with E-state index in [4.69, 9.17) is 9.97 Å². The van der Waals surface area contributed by atoms with E-state index < -0.39 is 5.97 Å². The van der Waals surface area contributed by atoms with Gasteiger partial charge in [-0.05, 0) is 36.4 Å². The summed E-state index contributed by atoms with van der Waals surface area (Å²) in [6, 6.07) is 17.0. The molecule has 0 radical (unpaired) electrons. The molecule has 0 aromatic carbocycles. The lowest BCUT2D eigenvalue weighted by atomic mass is 9.88. The van der Waals surface area contributed by atoms with Crippen molar-refractivity contribution in [2.75, 3.05) is 0 Å². The van der Waals surface area contributed by atoms with E-state index in [1.54, 1.807) is 6.07 Å². The molecular formula is C25H29N3O2. The van der Waals surface area contributed by atoms with Crippen LogP contribution in [0.5, 0.6) is 0 Å². The third kappa shape index (κ3) is 4.73. The predicted octanol–water partition coefficient (Wildman–Crippen LogP) is 5.35. The van der Waals surface area contributed by atoms with Gasteiger partial charge in [-0.3, -0.25) is 9.97 Å². The van der Waals surface area contributed by atoms with Gasteiger partial charge in [0.1, 0.15) is 5.69 Å². The average Bonchev–Trinajstić information content (AvgIpc) is 2.68. The molecule has 0 amide bonds. The second-order valence-corrected chi connectivity index (χ2v) is 9.58. The van der Waals surface area contributed by atoms with E-state index in [9.17, 15) is 9.90 Å². The van der Waals surface area contributed by atoms with E-state index in [1.807, 2.05) is 42.5 Å². The van der Waals surface area contributed by atoms with Crippen LogP contribution >= 0.6 is 0 Å². The van der Waals surface area contributed by atoms with Gasteiger partial charge in [0.2, 0.25) is 0 Å². The number of carbonyl (C=O) groups is 1. The van der Waals surface area contributed by atoms with Gasteiger partial charge in [0.25, 0.3) is 0 Å². The van der Waals surface area contributed by atoms with Crippen LogP contribution in [0.15, 0.2) is 54.6 Å². The Bertz CT molecular complexity index is 1000. The first-order valence-corrected chi connectivity index (χ1v) is 10.1. The maximum Gasteiger partial charge on any atom is 0.354 e. The van der Waals surface area contributed by atoms with Crippen LogP contribution in [-0.2, 0) is 10.8 Å². The van der Waals surface area contributed by atoms with Crippen LogP contribution in [0.4, 0.5) is 0 Å². The van der Waals surface area contributed by atoms with Crippen LogP contribution < -0.4 is 0 Å². The zero-order chi connectivity index (χ0) is 22.1. The molecule has 0 saturated carbocycles. The molecule has 3 rings (SSSR count). The van der Waals surface area contributed by atoms with Crippen LogP contribution in [0.25, 0.3) is 0 Å². The van der Waals surface area contributed by atoms with Gasteiger partial charge in [-0.15, -0.1) is 0 Å².